The smallest absolute Gasteiger partial charge is 0.261 e. The van der Waals surface area contributed by atoms with Crippen molar-refractivity contribution in [3.63, 3.8) is 0 Å². The quantitative estimate of drug-likeness (QED) is 0.127. The molecule has 0 aliphatic rings. The number of benzene rings is 2. The van der Waals surface area contributed by atoms with E-state index in [-0.39, 0.29) is 23.6 Å². The molecule has 2 aromatic carbocycles. The zero-order valence-electron chi connectivity index (χ0n) is 19.7. The van der Waals surface area contributed by atoms with Crippen LogP contribution in [0, 0.1) is 36.0 Å². The standard InChI is InChI=1S/C25H19F5N6O2/c1-12-8-13(35-7-5-31-10-35)9-15-23(12)34-24(33-15)17-16(2-4-32-25(17)38)36(11-37)6-3-14-18(26)20(28)22(30)21(29)19(14)27/h2,4-5,7-10,37H,3,6,11H2,1H3,(H,32,38)(H,33,34). The van der Waals surface area contributed by atoms with Crippen molar-refractivity contribution in [3.8, 4) is 17.1 Å². The molecule has 5 aromatic rings. The molecule has 5 rings (SSSR count). The van der Waals surface area contributed by atoms with Crippen molar-refractivity contribution < 1.29 is 27.1 Å². The Balaban J connectivity index is 1.54. The summed E-state index contributed by atoms with van der Waals surface area (Å²) >= 11 is 0. The summed E-state index contributed by atoms with van der Waals surface area (Å²) in [4.78, 5) is 28.3. The topological polar surface area (TPSA) is 103 Å². The zero-order valence-corrected chi connectivity index (χ0v) is 19.7. The van der Waals surface area contributed by atoms with Crippen molar-refractivity contribution in [2.24, 2.45) is 0 Å². The van der Waals surface area contributed by atoms with Gasteiger partial charge in [-0.05, 0) is 37.1 Å². The number of aromatic amines is 2. The lowest BCUT2D eigenvalue weighted by Crippen LogP contribution is -2.30. The fourth-order valence-electron chi connectivity index (χ4n) is 4.30. The van der Waals surface area contributed by atoms with Crippen molar-refractivity contribution in [3.05, 3.63) is 93.7 Å². The number of halogens is 5. The van der Waals surface area contributed by atoms with E-state index in [4.69, 9.17) is 0 Å². The second-order valence-corrected chi connectivity index (χ2v) is 8.48. The van der Waals surface area contributed by atoms with E-state index in [0.717, 1.165) is 11.3 Å². The summed E-state index contributed by atoms with van der Waals surface area (Å²) in [6.07, 6.45) is 5.67. The van der Waals surface area contributed by atoms with Gasteiger partial charge in [0.05, 0.1) is 23.0 Å². The van der Waals surface area contributed by atoms with Crippen LogP contribution in [0.5, 0.6) is 0 Å². The van der Waals surface area contributed by atoms with Gasteiger partial charge in [-0.1, -0.05) is 0 Å². The van der Waals surface area contributed by atoms with E-state index in [1.54, 1.807) is 23.3 Å². The van der Waals surface area contributed by atoms with E-state index < -0.39 is 53.4 Å². The van der Waals surface area contributed by atoms with E-state index in [2.05, 4.69) is 19.9 Å². The molecule has 0 fully saturated rings. The van der Waals surface area contributed by atoms with Gasteiger partial charge in [0.15, 0.2) is 23.3 Å². The van der Waals surface area contributed by atoms with Gasteiger partial charge in [0.1, 0.15) is 18.1 Å². The number of aliphatic hydroxyl groups excluding tert-OH is 1. The minimum atomic E-state index is -2.25. The summed E-state index contributed by atoms with van der Waals surface area (Å²) in [6.45, 7) is 0.735. The van der Waals surface area contributed by atoms with Crippen molar-refractivity contribution >= 4 is 16.7 Å². The predicted octanol–water partition coefficient (Wildman–Crippen LogP) is 4.11. The van der Waals surface area contributed by atoms with Crippen molar-refractivity contribution in [2.75, 3.05) is 18.2 Å². The number of rotatable bonds is 7. The third-order valence-electron chi connectivity index (χ3n) is 6.18. The first-order valence-corrected chi connectivity index (χ1v) is 11.3. The van der Waals surface area contributed by atoms with E-state index in [1.165, 1.54) is 17.2 Å². The number of H-pyrrole nitrogens is 2. The van der Waals surface area contributed by atoms with Crippen LogP contribution < -0.4 is 10.5 Å². The number of anilines is 1. The number of pyridine rings is 1. The van der Waals surface area contributed by atoms with E-state index in [0.29, 0.717) is 11.0 Å². The summed E-state index contributed by atoms with van der Waals surface area (Å²) in [5.41, 5.74) is 1.31. The van der Waals surface area contributed by atoms with Crippen LogP contribution in [-0.2, 0) is 6.42 Å². The second kappa shape index (κ2) is 9.74. The number of aryl methyl sites for hydroxylation is 1. The van der Waals surface area contributed by atoms with Crippen LogP contribution >= 0.6 is 0 Å². The van der Waals surface area contributed by atoms with Gasteiger partial charge in [0.2, 0.25) is 5.82 Å². The van der Waals surface area contributed by atoms with E-state index in [9.17, 15) is 31.9 Å². The second-order valence-electron chi connectivity index (χ2n) is 8.48. The molecule has 0 saturated heterocycles. The Kier molecular flexibility index (Phi) is 6.45. The molecule has 0 aliphatic carbocycles. The molecule has 0 aliphatic heterocycles. The highest BCUT2D eigenvalue weighted by molar-refractivity contribution is 5.86. The molecule has 0 spiro atoms. The molecule has 0 saturated carbocycles. The van der Waals surface area contributed by atoms with Gasteiger partial charge in [-0.25, -0.2) is 31.9 Å². The largest absolute Gasteiger partial charge is 0.376 e. The molecule has 13 heteroatoms. The maximum absolute atomic E-state index is 14.2. The fraction of sp³-hybridized carbons (Fsp3) is 0.160. The molecule has 0 amide bonds. The molecule has 3 N–H and O–H groups in total. The van der Waals surface area contributed by atoms with Crippen molar-refractivity contribution in [2.45, 2.75) is 13.3 Å². The Bertz CT molecular complexity index is 1690. The number of nitrogens with one attached hydrogen (secondary N) is 2. The molecule has 0 unspecified atom stereocenters. The SMILES string of the molecule is Cc1cc(-n2ccnc2)cc2[nH]c(-c3c(N(CO)CCc4c(F)c(F)c(F)c(F)c4F)cc[nH]c3=O)nc12. The van der Waals surface area contributed by atoms with Gasteiger partial charge in [-0.3, -0.25) is 4.79 Å². The molecular formula is C25H19F5N6O2. The summed E-state index contributed by atoms with van der Waals surface area (Å²) in [7, 11) is 0. The average Bonchev–Trinajstić information content (AvgIpc) is 3.59. The Morgan fingerprint density at radius 3 is 2.42 bits per heavy atom. The van der Waals surface area contributed by atoms with Crippen LogP contribution in [0.1, 0.15) is 11.1 Å². The molecule has 3 aromatic heterocycles. The minimum absolute atomic E-state index is 0.0127. The summed E-state index contributed by atoms with van der Waals surface area (Å²) in [5.74, 6) is -10.1. The number of aliphatic hydroxyl groups is 1. The van der Waals surface area contributed by atoms with Gasteiger partial charge in [-0.15, -0.1) is 0 Å². The van der Waals surface area contributed by atoms with Gasteiger partial charge in [-0.2, -0.15) is 0 Å². The molecule has 3 heterocycles. The van der Waals surface area contributed by atoms with Crippen molar-refractivity contribution in [1.82, 2.24) is 24.5 Å². The first-order chi connectivity index (χ1) is 18.2. The van der Waals surface area contributed by atoms with E-state index >= 15 is 0 Å². The number of hydrogen-bond acceptors (Lipinski definition) is 5. The molecule has 38 heavy (non-hydrogen) atoms. The first kappa shape index (κ1) is 25.1. The van der Waals surface area contributed by atoms with Gasteiger partial charge in [0, 0.05) is 36.4 Å². The van der Waals surface area contributed by atoms with Gasteiger partial charge in [0.25, 0.3) is 5.56 Å². The average molecular weight is 530 g/mol. The van der Waals surface area contributed by atoms with Crippen LogP contribution in [-0.4, -0.2) is 42.9 Å². The highest BCUT2D eigenvalue weighted by Gasteiger charge is 2.26. The number of fused-ring (bicyclic) bond motifs is 1. The monoisotopic (exact) mass is 530 g/mol. The van der Waals surface area contributed by atoms with E-state index in [1.807, 2.05) is 19.1 Å². The van der Waals surface area contributed by atoms with Gasteiger partial charge < -0.3 is 24.5 Å². The first-order valence-electron chi connectivity index (χ1n) is 11.3. The number of nitrogens with zero attached hydrogens (tertiary/aromatic N) is 4. The Hall–Kier alpha value is -4.52. The third-order valence-corrected chi connectivity index (χ3v) is 6.18. The Morgan fingerprint density at radius 2 is 1.76 bits per heavy atom. The van der Waals surface area contributed by atoms with Crippen LogP contribution in [0.4, 0.5) is 27.6 Å². The maximum atomic E-state index is 14.2. The Labute approximate surface area is 211 Å². The predicted molar refractivity (Wildman–Crippen MR) is 128 cm³/mol. The summed E-state index contributed by atoms with van der Waals surface area (Å²) < 4.78 is 70.8. The molecule has 0 bridgehead atoms. The van der Waals surface area contributed by atoms with Gasteiger partial charge >= 0.3 is 0 Å². The zero-order chi connectivity index (χ0) is 27.1. The normalized spacial score (nSPS) is 11.4. The number of hydrogen-bond donors (Lipinski definition) is 3. The maximum Gasteiger partial charge on any atom is 0.261 e. The minimum Gasteiger partial charge on any atom is -0.376 e. The molecule has 0 radical (unpaired) electrons. The van der Waals surface area contributed by atoms with Crippen LogP contribution in [0.25, 0.3) is 28.1 Å². The van der Waals surface area contributed by atoms with Crippen LogP contribution in [0.3, 0.4) is 0 Å². The molecule has 8 nitrogen and oxygen atoms in total. The third kappa shape index (κ3) is 4.20. The van der Waals surface area contributed by atoms with Crippen LogP contribution in [0.15, 0.2) is 47.9 Å². The van der Waals surface area contributed by atoms with Crippen molar-refractivity contribution in [1.29, 1.82) is 0 Å². The number of aromatic nitrogens is 5. The Morgan fingerprint density at radius 1 is 1.05 bits per heavy atom. The van der Waals surface area contributed by atoms with Crippen LogP contribution in [0.2, 0.25) is 0 Å². The highest BCUT2D eigenvalue weighted by Crippen LogP contribution is 2.30. The lowest BCUT2D eigenvalue weighted by molar-refractivity contribution is 0.290. The molecular weight excluding hydrogens is 511 g/mol. The molecule has 0 atom stereocenters. The number of imidazole rings is 2. The summed E-state index contributed by atoms with van der Waals surface area (Å²) in [6, 6.07) is 5.13. The summed E-state index contributed by atoms with van der Waals surface area (Å²) in [5, 5.41) is 10.0. The fourth-order valence-corrected chi connectivity index (χ4v) is 4.30. The lowest BCUT2D eigenvalue weighted by Gasteiger charge is -2.24. The molecule has 196 valence electrons. The highest BCUT2D eigenvalue weighted by atomic mass is 19.2. The lowest BCUT2D eigenvalue weighted by atomic mass is 10.1.